The van der Waals surface area contributed by atoms with E-state index >= 15 is 0 Å². The molecule has 0 fully saturated rings. The van der Waals surface area contributed by atoms with E-state index in [2.05, 4.69) is 5.32 Å². The molecule has 0 bridgehead atoms. The van der Waals surface area contributed by atoms with Crippen LogP contribution >= 0.6 is 11.8 Å². The molecule has 134 valence electrons. The zero-order valence-electron chi connectivity index (χ0n) is 14.5. The number of nitrogens with one attached hydrogen (secondary N) is 1. The van der Waals surface area contributed by atoms with Crippen molar-refractivity contribution in [3.8, 4) is 0 Å². The van der Waals surface area contributed by atoms with E-state index in [9.17, 15) is 14.4 Å². The van der Waals surface area contributed by atoms with Gasteiger partial charge in [-0.1, -0.05) is 41.5 Å². The van der Waals surface area contributed by atoms with Gasteiger partial charge in [0.15, 0.2) is 0 Å². The van der Waals surface area contributed by atoms with Crippen molar-refractivity contribution in [1.29, 1.82) is 0 Å². The van der Waals surface area contributed by atoms with Crippen molar-refractivity contribution in [2.45, 2.75) is 58.3 Å². The highest BCUT2D eigenvalue weighted by Gasteiger charge is 2.25. The SMILES string of the molecule is CC(C)S[C@@H](CNC(=O)O[C@@H](OC(=O)C(C)C)C(C)C)C(=O)O. The van der Waals surface area contributed by atoms with Crippen molar-refractivity contribution >= 4 is 29.8 Å². The molecule has 0 aliphatic heterocycles. The molecular weight excluding hydrogens is 322 g/mol. The van der Waals surface area contributed by atoms with Crippen LogP contribution in [0, 0.1) is 11.8 Å². The Bertz CT molecular complexity index is 411. The number of amides is 1. The maximum absolute atomic E-state index is 11.8. The Morgan fingerprint density at radius 2 is 1.61 bits per heavy atom. The number of rotatable bonds is 9. The minimum absolute atomic E-state index is 0.0695. The van der Waals surface area contributed by atoms with Gasteiger partial charge in [0.05, 0.1) is 5.92 Å². The summed E-state index contributed by atoms with van der Waals surface area (Å²) in [7, 11) is 0. The van der Waals surface area contributed by atoms with Gasteiger partial charge in [0.2, 0.25) is 0 Å². The van der Waals surface area contributed by atoms with Crippen LogP contribution in [0.2, 0.25) is 0 Å². The predicted molar refractivity (Wildman–Crippen MR) is 88.2 cm³/mol. The number of thioether (sulfide) groups is 1. The summed E-state index contributed by atoms with van der Waals surface area (Å²) in [5, 5.41) is 10.9. The molecule has 0 aromatic carbocycles. The van der Waals surface area contributed by atoms with Crippen molar-refractivity contribution in [3.63, 3.8) is 0 Å². The minimum atomic E-state index is -1.01. The summed E-state index contributed by atoms with van der Waals surface area (Å²) >= 11 is 1.23. The van der Waals surface area contributed by atoms with Gasteiger partial charge in [-0.05, 0) is 5.25 Å². The molecule has 0 aliphatic rings. The summed E-state index contributed by atoms with van der Waals surface area (Å²) in [6.45, 7) is 10.5. The Morgan fingerprint density at radius 1 is 1.04 bits per heavy atom. The molecule has 0 aromatic heterocycles. The number of aliphatic carboxylic acids is 1. The largest absolute Gasteiger partial charge is 0.480 e. The second kappa shape index (κ2) is 10.4. The number of hydrogen-bond acceptors (Lipinski definition) is 6. The van der Waals surface area contributed by atoms with E-state index in [4.69, 9.17) is 14.6 Å². The summed E-state index contributed by atoms with van der Waals surface area (Å²) in [6.07, 6.45) is -1.82. The monoisotopic (exact) mass is 349 g/mol. The van der Waals surface area contributed by atoms with Crippen molar-refractivity contribution in [2.24, 2.45) is 11.8 Å². The van der Waals surface area contributed by atoms with Crippen LogP contribution in [0.5, 0.6) is 0 Å². The Balaban J connectivity index is 4.52. The molecule has 1 amide bonds. The molecule has 7 nitrogen and oxygen atoms in total. The van der Waals surface area contributed by atoms with E-state index in [0.717, 1.165) is 0 Å². The second-order valence-electron chi connectivity index (χ2n) is 6.00. The molecule has 0 rings (SSSR count). The molecule has 0 saturated carbocycles. The van der Waals surface area contributed by atoms with Gasteiger partial charge in [0.25, 0.3) is 6.29 Å². The highest BCUT2D eigenvalue weighted by molar-refractivity contribution is 8.01. The van der Waals surface area contributed by atoms with E-state index < -0.39 is 29.6 Å². The van der Waals surface area contributed by atoms with Crippen LogP contribution in [-0.4, -0.2) is 46.5 Å². The van der Waals surface area contributed by atoms with Crippen molar-refractivity contribution in [2.75, 3.05) is 6.54 Å². The number of alkyl carbamates (subject to hydrolysis) is 1. The number of ether oxygens (including phenoxy) is 2. The lowest BCUT2D eigenvalue weighted by Crippen LogP contribution is -2.39. The zero-order valence-corrected chi connectivity index (χ0v) is 15.3. The van der Waals surface area contributed by atoms with Gasteiger partial charge < -0.3 is 19.9 Å². The fraction of sp³-hybridized carbons (Fsp3) is 0.800. The smallest absolute Gasteiger partial charge is 0.410 e. The number of carboxylic acid groups (broad SMARTS) is 1. The molecule has 0 aliphatic carbocycles. The summed E-state index contributed by atoms with van der Waals surface area (Å²) in [4.78, 5) is 34.5. The third kappa shape index (κ3) is 9.32. The molecule has 0 saturated heterocycles. The highest BCUT2D eigenvalue weighted by Crippen LogP contribution is 2.17. The molecule has 2 N–H and O–H groups in total. The summed E-state index contributed by atoms with van der Waals surface area (Å²) < 4.78 is 10.2. The maximum atomic E-state index is 11.8. The van der Waals surface area contributed by atoms with Crippen LogP contribution in [0.1, 0.15) is 41.5 Å². The first-order valence-corrected chi connectivity index (χ1v) is 8.52. The van der Waals surface area contributed by atoms with Crippen LogP contribution in [0.15, 0.2) is 0 Å². The topological polar surface area (TPSA) is 102 Å². The molecule has 0 radical (unpaired) electrons. The number of carbonyl (C=O) groups excluding carboxylic acids is 2. The van der Waals surface area contributed by atoms with E-state index in [1.54, 1.807) is 27.7 Å². The quantitative estimate of drug-likeness (QED) is 0.487. The third-order valence-electron chi connectivity index (χ3n) is 2.61. The number of carbonyl (C=O) groups is 3. The van der Waals surface area contributed by atoms with Gasteiger partial charge >= 0.3 is 18.0 Å². The van der Waals surface area contributed by atoms with Gasteiger partial charge in [-0.25, -0.2) is 4.79 Å². The van der Waals surface area contributed by atoms with Crippen molar-refractivity contribution in [1.82, 2.24) is 5.32 Å². The Kier molecular flexibility index (Phi) is 9.71. The van der Waals surface area contributed by atoms with Crippen LogP contribution in [-0.2, 0) is 19.1 Å². The van der Waals surface area contributed by atoms with E-state index in [0.29, 0.717) is 0 Å². The van der Waals surface area contributed by atoms with Gasteiger partial charge in [0, 0.05) is 12.5 Å². The lowest BCUT2D eigenvalue weighted by atomic mass is 10.2. The van der Waals surface area contributed by atoms with Gasteiger partial charge in [-0.3, -0.25) is 9.59 Å². The Hall–Kier alpha value is -1.44. The number of esters is 1. The molecule has 8 heteroatoms. The fourth-order valence-electron chi connectivity index (χ4n) is 1.39. The molecule has 0 unspecified atom stereocenters. The first-order chi connectivity index (χ1) is 10.5. The number of hydrogen-bond donors (Lipinski definition) is 2. The maximum Gasteiger partial charge on any atom is 0.410 e. The average Bonchev–Trinajstić information content (AvgIpc) is 2.41. The van der Waals surface area contributed by atoms with Gasteiger partial charge in [-0.15, -0.1) is 11.8 Å². The van der Waals surface area contributed by atoms with E-state index in [1.807, 2.05) is 13.8 Å². The molecule has 2 atom stereocenters. The fourth-order valence-corrected chi connectivity index (χ4v) is 2.35. The van der Waals surface area contributed by atoms with E-state index in [1.165, 1.54) is 11.8 Å². The van der Waals surface area contributed by atoms with Crippen LogP contribution < -0.4 is 5.32 Å². The van der Waals surface area contributed by atoms with Crippen molar-refractivity contribution < 1.29 is 29.0 Å². The third-order valence-corrected chi connectivity index (χ3v) is 3.86. The standard InChI is InChI=1S/C15H27NO6S/c1-8(2)13(19)21-14(9(3)4)22-15(20)16-7-11(12(17)18)23-10(5)6/h8-11,14H,7H2,1-6H3,(H,16,20)(H,17,18)/t11-,14+/m0/s1. The Labute approximate surface area is 141 Å². The lowest BCUT2D eigenvalue weighted by molar-refractivity contribution is -0.178. The molecule has 0 spiro atoms. The summed E-state index contributed by atoms with van der Waals surface area (Å²) in [5.74, 6) is -2.02. The average molecular weight is 349 g/mol. The first kappa shape index (κ1) is 21.6. The molecule has 0 heterocycles. The van der Waals surface area contributed by atoms with E-state index in [-0.39, 0.29) is 23.6 Å². The van der Waals surface area contributed by atoms with Gasteiger partial charge in [0.1, 0.15) is 5.25 Å². The van der Waals surface area contributed by atoms with Gasteiger partial charge in [-0.2, -0.15) is 0 Å². The molecule has 23 heavy (non-hydrogen) atoms. The predicted octanol–water partition coefficient (Wildman–Crippen LogP) is 2.49. The second-order valence-corrected chi connectivity index (χ2v) is 7.79. The molecular formula is C15H27NO6S. The molecule has 0 aromatic rings. The van der Waals surface area contributed by atoms with Crippen molar-refractivity contribution in [3.05, 3.63) is 0 Å². The Morgan fingerprint density at radius 3 is 2.00 bits per heavy atom. The summed E-state index contributed by atoms with van der Waals surface area (Å²) in [6, 6.07) is 0. The van der Waals surface area contributed by atoms with Crippen LogP contribution in [0.4, 0.5) is 4.79 Å². The first-order valence-electron chi connectivity index (χ1n) is 7.57. The minimum Gasteiger partial charge on any atom is -0.480 e. The van der Waals surface area contributed by atoms with Crippen LogP contribution in [0.25, 0.3) is 0 Å². The van der Waals surface area contributed by atoms with Crippen LogP contribution in [0.3, 0.4) is 0 Å². The normalized spacial score (nSPS) is 13.8. The highest BCUT2D eigenvalue weighted by atomic mass is 32.2. The zero-order chi connectivity index (χ0) is 18.2. The number of carboxylic acids is 1. The lowest BCUT2D eigenvalue weighted by Gasteiger charge is -2.23. The summed E-state index contributed by atoms with van der Waals surface area (Å²) in [5.41, 5.74) is 0.